The summed E-state index contributed by atoms with van der Waals surface area (Å²) < 4.78 is 36.3. The van der Waals surface area contributed by atoms with Gasteiger partial charge in [-0.3, -0.25) is 0 Å². The van der Waals surface area contributed by atoms with Gasteiger partial charge in [-0.05, 0) is 6.07 Å². The average Bonchev–Trinajstić information content (AvgIpc) is 2.02. The molecular weight excluding hydrogens is 240 g/mol. The van der Waals surface area contributed by atoms with Gasteiger partial charge >= 0.3 is 6.18 Å². The zero-order valence-electron chi connectivity index (χ0n) is 6.99. The highest BCUT2D eigenvalue weighted by molar-refractivity contribution is 6.32. The van der Waals surface area contributed by atoms with Crippen LogP contribution in [0.2, 0.25) is 5.02 Å². The molecule has 0 aliphatic heterocycles. The zero-order valence-corrected chi connectivity index (χ0v) is 8.50. The van der Waals surface area contributed by atoms with Gasteiger partial charge in [-0.25, -0.2) is 4.98 Å². The van der Waals surface area contributed by atoms with Gasteiger partial charge in [-0.15, -0.1) is 0 Å². The first kappa shape index (κ1) is 13.3. The Hall–Kier alpha value is -0.680. The molecule has 0 aliphatic rings. The Bertz CT molecular complexity index is 314. The summed E-state index contributed by atoms with van der Waals surface area (Å²) in [5.41, 5.74) is -0.850. The number of nitrogens with one attached hydrogen (secondary N) is 1. The summed E-state index contributed by atoms with van der Waals surface area (Å²) in [5, 5.41) is 2.52. The summed E-state index contributed by atoms with van der Waals surface area (Å²) in [4.78, 5) is 3.50. The molecule has 7 heteroatoms. The van der Waals surface area contributed by atoms with E-state index in [0.717, 1.165) is 12.3 Å². The van der Waals surface area contributed by atoms with Crippen LogP contribution in [0.3, 0.4) is 0 Å². The van der Waals surface area contributed by atoms with Crippen molar-refractivity contribution in [1.82, 2.24) is 4.98 Å². The fourth-order valence-electron chi connectivity index (χ4n) is 0.777. The Morgan fingerprint density at radius 1 is 1.43 bits per heavy atom. The van der Waals surface area contributed by atoms with E-state index in [1.807, 2.05) is 0 Å². The molecule has 0 spiro atoms. The molecule has 1 heterocycles. The molecule has 0 fully saturated rings. The van der Waals surface area contributed by atoms with Crippen molar-refractivity contribution in [3.8, 4) is 0 Å². The summed E-state index contributed by atoms with van der Waals surface area (Å²) in [5.74, 6) is 0.231. The van der Waals surface area contributed by atoms with E-state index in [9.17, 15) is 13.2 Å². The quantitative estimate of drug-likeness (QED) is 0.742. The minimum atomic E-state index is -4.40. The SMILES string of the molecule is CNc1ncc(C(F)(F)F)cc1Cl.[Cl-]. The Balaban J connectivity index is 0.00000169. The van der Waals surface area contributed by atoms with Gasteiger partial charge in [0.2, 0.25) is 0 Å². The maximum Gasteiger partial charge on any atom is 0.417 e. The van der Waals surface area contributed by atoms with E-state index >= 15 is 0 Å². The largest absolute Gasteiger partial charge is 1.00 e. The van der Waals surface area contributed by atoms with Crippen molar-refractivity contribution >= 4 is 17.4 Å². The Morgan fingerprint density at radius 2 is 2.00 bits per heavy atom. The molecule has 0 amide bonds. The number of hydrogen-bond acceptors (Lipinski definition) is 2. The van der Waals surface area contributed by atoms with Crippen LogP contribution in [-0.2, 0) is 6.18 Å². The fraction of sp³-hybridized carbons (Fsp3) is 0.286. The van der Waals surface area contributed by atoms with Crippen LogP contribution in [0.1, 0.15) is 5.56 Å². The van der Waals surface area contributed by atoms with Crippen LogP contribution in [-0.4, -0.2) is 12.0 Å². The van der Waals surface area contributed by atoms with Crippen LogP contribution in [0, 0.1) is 0 Å². The molecule has 1 rings (SSSR count). The van der Waals surface area contributed by atoms with Crippen molar-refractivity contribution in [2.75, 3.05) is 12.4 Å². The molecule has 0 aliphatic carbocycles. The van der Waals surface area contributed by atoms with Gasteiger partial charge in [0.05, 0.1) is 10.6 Å². The van der Waals surface area contributed by atoms with E-state index in [-0.39, 0.29) is 23.2 Å². The smallest absolute Gasteiger partial charge is 0.417 e. The first-order valence-corrected chi connectivity index (χ1v) is 3.73. The molecule has 1 aromatic rings. The number of anilines is 1. The van der Waals surface area contributed by atoms with Crippen molar-refractivity contribution < 1.29 is 25.6 Å². The van der Waals surface area contributed by atoms with Crippen LogP contribution in [0.15, 0.2) is 12.3 Å². The number of nitrogens with zero attached hydrogens (tertiary/aromatic N) is 1. The van der Waals surface area contributed by atoms with Gasteiger partial charge < -0.3 is 17.7 Å². The molecule has 0 radical (unpaired) electrons. The predicted molar refractivity (Wildman–Crippen MR) is 43.8 cm³/mol. The normalized spacial score (nSPS) is 10.6. The number of aromatic nitrogens is 1. The third kappa shape index (κ3) is 2.92. The predicted octanol–water partition coefficient (Wildman–Crippen LogP) is -0.200. The molecule has 1 aromatic heterocycles. The first-order valence-electron chi connectivity index (χ1n) is 3.35. The summed E-state index contributed by atoms with van der Waals surface area (Å²) in [6.45, 7) is 0. The molecule has 0 bridgehead atoms. The lowest BCUT2D eigenvalue weighted by Crippen LogP contribution is -3.00. The molecule has 1 N–H and O–H groups in total. The molecule has 0 aromatic carbocycles. The molecule has 0 atom stereocenters. The van der Waals surface area contributed by atoms with Crippen molar-refractivity contribution in [3.63, 3.8) is 0 Å². The maximum absolute atomic E-state index is 12.1. The molecule has 0 unspecified atom stereocenters. The van der Waals surface area contributed by atoms with E-state index in [2.05, 4.69) is 10.3 Å². The highest BCUT2D eigenvalue weighted by Crippen LogP contribution is 2.31. The van der Waals surface area contributed by atoms with Crippen LogP contribution in [0.5, 0.6) is 0 Å². The molecule has 80 valence electrons. The minimum Gasteiger partial charge on any atom is -1.00 e. The molecular formula is C7H6Cl2F3N2-. The Labute approximate surface area is 89.9 Å². The highest BCUT2D eigenvalue weighted by atomic mass is 35.5. The van der Waals surface area contributed by atoms with Crippen molar-refractivity contribution in [2.45, 2.75) is 6.18 Å². The highest BCUT2D eigenvalue weighted by Gasteiger charge is 2.31. The van der Waals surface area contributed by atoms with Crippen molar-refractivity contribution in [2.24, 2.45) is 0 Å². The molecule has 0 saturated carbocycles. The van der Waals surface area contributed by atoms with E-state index < -0.39 is 11.7 Å². The monoisotopic (exact) mass is 245 g/mol. The lowest BCUT2D eigenvalue weighted by atomic mass is 10.3. The number of pyridine rings is 1. The van der Waals surface area contributed by atoms with Crippen molar-refractivity contribution in [3.05, 3.63) is 22.8 Å². The molecule has 14 heavy (non-hydrogen) atoms. The van der Waals surface area contributed by atoms with Crippen LogP contribution >= 0.6 is 11.6 Å². The van der Waals surface area contributed by atoms with E-state index in [1.54, 1.807) is 0 Å². The second-order valence-electron chi connectivity index (χ2n) is 2.30. The number of hydrogen-bond donors (Lipinski definition) is 1. The third-order valence-electron chi connectivity index (χ3n) is 1.41. The second-order valence-corrected chi connectivity index (χ2v) is 2.71. The summed E-state index contributed by atoms with van der Waals surface area (Å²) >= 11 is 5.51. The van der Waals surface area contributed by atoms with Crippen LogP contribution in [0.4, 0.5) is 19.0 Å². The topological polar surface area (TPSA) is 24.9 Å². The lowest BCUT2D eigenvalue weighted by molar-refractivity contribution is -0.137. The van der Waals surface area contributed by atoms with E-state index in [1.165, 1.54) is 7.05 Å². The Morgan fingerprint density at radius 3 is 2.36 bits per heavy atom. The second kappa shape index (κ2) is 4.70. The van der Waals surface area contributed by atoms with E-state index in [4.69, 9.17) is 11.6 Å². The molecule has 2 nitrogen and oxygen atoms in total. The maximum atomic E-state index is 12.1. The van der Waals surface area contributed by atoms with Gasteiger partial charge in [0.15, 0.2) is 0 Å². The minimum absolute atomic E-state index is 0. The number of rotatable bonds is 1. The van der Waals surface area contributed by atoms with Crippen LogP contribution < -0.4 is 17.7 Å². The van der Waals surface area contributed by atoms with Crippen LogP contribution in [0.25, 0.3) is 0 Å². The average molecular weight is 246 g/mol. The Kier molecular flexibility index (Phi) is 4.48. The lowest BCUT2D eigenvalue weighted by Gasteiger charge is -2.08. The number of alkyl halides is 3. The van der Waals surface area contributed by atoms with Gasteiger partial charge in [0.25, 0.3) is 0 Å². The fourth-order valence-corrected chi connectivity index (χ4v) is 1.04. The van der Waals surface area contributed by atoms with Gasteiger partial charge in [-0.1, -0.05) is 11.6 Å². The first-order chi connectivity index (χ1) is 5.95. The van der Waals surface area contributed by atoms with E-state index in [0.29, 0.717) is 0 Å². The number of halogens is 5. The zero-order chi connectivity index (χ0) is 10.1. The molecule has 0 saturated heterocycles. The van der Waals surface area contributed by atoms with Gasteiger partial charge in [0, 0.05) is 13.2 Å². The summed E-state index contributed by atoms with van der Waals surface area (Å²) in [7, 11) is 1.53. The summed E-state index contributed by atoms with van der Waals surface area (Å²) in [6.07, 6.45) is -3.67. The third-order valence-corrected chi connectivity index (χ3v) is 1.69. The van der Waals surface area contributed by atoms with Crippen molar-refractivity contribution in [1.29, 1.82) is 0 Å². The van der Waals surface area contributed by atoms with Gasteiger partial charge in [0.1, 0.15) is 5.82 Å². The summed E-state index contributed by atoms with van der Waals surface area (Å²) in [6, 6.07) is 0.834. The van der Waals surface area contributed by atoms with Gasteiger partial charge in [-0.2, -0.15) is 13.2 Å². The standard InChI is InChI=1S/C7H6ClF3N2.ClH/c1-12-6-5(8)2-4(3-13-6)7(9,10)11;/h2-3H,1H3,(H,12,13);1H/p-1.